The molecule has 5 rings (SSSR count). The van der Waals surface area contributed by atoms with E-state index >= 15 is 0 Å². The molecule has 1 aromatic heterocycles. The first-order chi connectivity index (χ1) is 36.5. The fourth-order valence-corrected chi connectivity index (χ4v) is 11.6. The summed E-state index contributed by atoms with van der Waals surface area (Å²) in [6.07, 6.45) is 5.45. The molecule has 0 bridgehead atoms. The topological polar surface area (TPSA) is 246 Å². The quantitative estimate of drug-likeness (QED) is 0.0833. The highest BCUT2D eigenvalue weighted by molar-refractivity contribution is 6.01. The van der Waals surface area contributed by atoms with Gasteiger partial charge in [0.25, 0.3) is 11.8 Å². The summed E-state index contributed by atoms with van der Waals surface area (Å²) < 4.78 is 12.1. The first kappa shape index (κ1) is 62.1. The van der Waals surface area contributed by atoms with Crippen LogP contribution >= 0.6 is 0 Å². The lowest BCUT2D eigenvalue weighted by atomic mass is 9.86. The Bertz CT molecular complexity index is 2370. The van der Waals surface area contributed by atoms with E-state index in [0.29, 0.717) is 75.9 Å². The van der Waals surface area contributed by atoms with Gasteiger partial charge in [-0.3, -0.25) is 43.3 Å². The van der Waals surface area contributed by atoms with Crippen LogP contribution in [-0.2, 0) is 63.9 Å². The Morgan fingerprint density at radius 3 is 2.10 bits per heavy atom. The predicted octanol–water partition coefficient (Wildman–Crippen LogP) is 4.86. The van der Waals surface area contributed by atoms with Gasteiger partial charge in [0.1, 0.15) is 6.04 Å². The molecule has 20 heteroatoms. The van der Waals surface area contributed by atoms with Crippen molar-refractivity contribution in [3.8, 4) is 0 Å². The summed E-state index contributed by atoms with van der Waals surface area (Å²) >= 11 is 0. The highest BCUT2D eigenvalue weighted by atomic mass is 16.7. The highest BCUT2D eigenvalue weighted by Crippen LogP contribution is 2.31. The SMILES string of the molecule is CC[C@H](C)[C@@H]([C@@H](CC(=O)N1CCC[C@H]1[C@H](OC)[C@@H](C)C(=O)N[C@@H](Cc1c[nH]c2ccccc12)C(C)=O)OC)N(C)C(=O)[C@@H](NC(=O)[C@H](C(C)C)N(C)CCCC(=O)NC1CCC(C(=O)ON2C(=O)CCC2=O)CC1)C(C)C. The van der Waals surface area contributed by atoms with Crippen molar-refractivity contribution in [1.82, 2.24) is 40.7 Å². The number of fused-ring (bicyclic) bond motifs is 1. The van der Waals surface area contributed by atoms with E-state index in [2.05, 4.69) is 20.9 Å². The molecule has 1 aromatic carbocycles. The number of nitrogens with zero attached hydrogens (tertiary/aromatic N) is 4. The minimum atomic E-state index is -0.905. The van der Waals surface area contributed by atoms with Crippen molar-refractivity contribution in [2.75, 3.05) is 41.4 Å². The molecule has 20 nitrogen and oxygen atoms in total. The first-order valence-corrected chi connectivity index (χ1v) is 27.9. The van der Waals surface area contributed by atoms with Crippen LogP contribution < -0.4 is 16.0 Å². The van der Waals surface area contributed by atoms with Gasteiger partial charge >= 0.3 is 5.97 Å². The summed E-state index contributed by atoms with van der Waals surface area (Å²) in [5.41, 5.74) is 1.86. The monoisotopic (exact) mass is 1080 g/mol. The zero-order valence-corrected chi connectivity index (χ0v) is 47.7. The van der Waals surface area contributed by atoms with Crippen LogP contribution in [0.1, 0.15) is 138 Å². The molecule has 1 aliphatic carbocycles. The second-order valence-corrected chi connectivity index (χ2v) is 22.4. The molecular formula is C57H88N8O12. The number of hydroxylamine groups is 2. The van der Waals surface area contributed by atoms with Gasteiger partial charge in [-0.2, -0.15) is 0 Å². The number of carbonyl (C=O) groups excluding carboxylic acids is 9. The second-order valence-electron chi connectivity index (χ2n) is 22.4. The third-order valence-electron chi connectivity index (χ3n) is 16.3. The van der Waals surface area contributed by atoms with E-state index in [1.807, 2.05) is 84.0 Å². The van der Waals surface area contributed by atoms with Crippen LogP contribution in [0.2, 0.25) is 0 Å². The summed E-state index contributed by atoms with van der Waals surface area (Å²) in [4.78, 5) is 133. The van der Waals surface area contributed by atoms with E-state index in [0.717, 1.165) is 16.5 Å². The molecule has 3 aliphatic rings. The average Bonchev–Trinajstić information content (AvgIpc) is 4.14. The van der Waals surface area contributed by atoms with Gasteiger partial charge in [-0.15, -0.1) is 5.06 Å². The van der Waals surface area contributed by atoms with Crippen molar-refractivity contribution in [1.29, 1.82) is 0 Å². The number of amides is 7. The third-order valence-corrected chi connectivity index (χ3v) is 16.3. The standard InChI is InChI=1S/C57H88N8O12/c1-13-35(6)52(45(75-11)31-49(70)64-29-16-20-44(64)53(76-12)36(7)54(71)60-43(37(8)66)30-39-32-58-42-19-15-14-18-41(39)42)63(10)56(73)50(33(2)3)61-55(72)51(34(4)5)62(9)28-17-21-46(67)59-40-24-22-38(23-25-40)57(74)77-65-47(68)26-27-48(65)69/h14-15,18-19,32-36,38,40,43-45,50-53,58H,13,16-17,20-31H2,1-12H3,(H,59,67)(H,60,71)(H,61,72)/t35-,36+,38?,40?,43-,44-,45+,50-,51-,52-,53+/m0/s1. The maximum absolute atomic E-state index is 14.7. The highest BCUT2D eigenvalue weighted by Gasteiger charge is 2.44. The molecule has 428 valence electrons. The van der Waals surface area contributed by atoms with E-state index in [1.54, 1.807) is 23.8 Å². The summed E-state index contributed by atoms with van der Waals surface area (Å²) in [7, 11) is 6.59. The predicted molar refractivity (Wildman–Crippen MR) is 289 cm³/mol. The number of nitrogens with one attached hydrogen (secondary N) is 4. The van der Waals surface area contributed by atoms with Gasteiger partial charge in [-0.05, 0) is 94.8 Å². The molecule has 0 spiro atoms. The number of carbonyl (C=O) groups is 9. The van der Waals surface area contributed by atoms with E-state index in [-0.39, 0.29) is 84.8 Å². The normalized spacial score (nSPS) is 21.1. The number of aromatic amines is 1. The minimum absolute atomic E-state index is 0.0268. The molecule has 7 amide bonds. The smallest absolute Gasteiger partial charge is 0.336 e. The molecule has 2 saturated heterocycles. The summed E-state index contributed by atoms with van der Waals surface area (Å²) in [6, 6.07) is 4.40. The Morgan fingerprint density at radius 1 is 0.844 bits per heavy atom. The van der Waals surface area contributed by atoms with E-state index in [9.17, 15) is 43.2 Å². The number of likely N-dealkylation sites (tertiary alicyclic amines) is 1. The maximum atomic E-state index is 14.7. The molecule has 1 saturated carbocycles. The molecule has 0 radical (unpaired) electrons. The number of benzene rings is 1. The van der Waals surface area contributed by atoms with Crippen LogP contribution in [0.3, 0.4) is 0 Å². The van der Waals surface area contributed by atoms with Crippen molar-refractivity contribution in [2.45, 2.75) is 187 Å². The number of imide groups is 1. The number of H-pyrrole nitrogens is 1. The fraction of sp³-hybridized carbons (Fsp3) is 0.702. The van der Waals surface area contributed by atoms with Gasteiger partial charge in [-0.25, -0.2) is 4.79 Å². The molecule has 9 atom stereocenters. The molecule has 3 fully saturated rings. The molecule has 4 N–H and O–H groups in total. The second kappa shape index (κ2) is 28.8. The Hall–Kier alpha value is -5.73. The molecule has 77 heavy (non-hydrogen) atoms. The fourth-order valence-electron chi connectivity index (χ4n) is 11.6. The number of Topliss-reactive ketones (excluding diaryl/α,β-unsaturated/α-hetero) is 1. The molecular weight excluding hydrogens is 989 g/mol. The van der Waals surface area contributed by atoms with Gasteiger partial charge in [0.2, 0.25) is 29.5 Å². The number of hydrogen-bond acceptors (Lipinski definition) is 13. The molecule has 2 aliphatic heterocycles. The third kappa shape index (κ3) is 16.0. The molecule has 2 aromatic rings. The van der Waals surface area contributed by atoms with Crippen molar-refractivity contribution in [3.63, 3.8) is 0 Å². The van der Waals surface area contributed by atoms with Gasteiger partial charge in [0.15, 0.2) is 5.78 Å². The van der Waals surface area contributed by atoms with Gasteiger partial charge in [0, 0.05) is 76.6 Å². The van der Waals surface area contributed by atoms with Crippen LogP contribution in [0.15, 0.2) is 30.5 Å². The Kier molecular flexibility index (Phi) is 23.2. The molecule has 0 unspecified atom stereocenters. The largest absolute Gasteiger partial charge is 0.379 e. The van der Waals surface area contributed by atoms with Gasteiger partial charge in [-0.1, -0.05) is 73.1 Å². The Labute approximate surface area is 455 Å². The van der Waals surface area contributed by atoms with Gasteiger partial charge in [0.05, 0.1) is 54.6 Å². The van der Waals surface area contributed by atoms with Crippen molar-refractivity contribution >= 4 is 64.0 Å². The maximum Gasteiger partial charge on any atom is 0.336 e. The lowest BCUT2D eigenvalue weighted by molar-refractivity contribution is -0.201. The average molecular weight is 1080 g/mol. The zero-order chi connectivity index (χ0) is 56.8. The van der Waals surface area contributed by atoms with Crippen LogP contribution in [0.25, 0.3) is 10.9 Å². The summed E-state index contributed by atoms with van der Waals surface area (Å²) in [5, 5.41) is 10.7. The minimum Gasteiger partial charge on any atom is -0.379 e. The first-order valence-electron chi connectivity index (χ1n) is 27.9. The number of ketones is 1. The van der Waals surface area contributed by atoms with Crippen molar-refractivity contribution in [2.24, 2.45) is 29.6 Å². The van der Waals surface area contributed by atoms with E-state index in [4.69, 9.17) is 14.3 Å². The number of rotatable bonds is 28. The number of hydrogen-bond donors (Lipinski definition) is 4. The summed E-state index contributed by atoms with van der Waals surface area (Å²) in [6.45, 7) is 15.7. The Balaban J connectivity index is 1.16. The number of aromatic nitrogens is 1. The number of methoxy groups -OCH3 is 2. The van der Waals surface area contributed by atoms with Crippen LogP contribution in [0, 0.1) is 29.6 Å². The van der Waals surface area contributed by atoms with Crippen molar-refractivity contribution in [3.05, 3.63) is 36.0 Å². The zero-order valence-electron chi connectivity index (χ0n) is 47.7. The number of ether oxygens (including phenoxy) is 2. The number of para-hydroxylation sites is 1. The Morgan fingerprint density at radius 2 is 1.51 bits per heavy atom. The molecule has 3 heterocycles. The van der Waals surface area contributed by atoms with Crippen molar-refractivity contribution < 1.29 is 57.5 Å². The number of likely N-dealkylation sites (N-methyl/N-ethyl adjacent to an activating group) is 2. The lowest BCUT2D eigenvalue weighted by Gasteiger charge is -2.41. The van der Waals surface area contributed by atoms with Crippen LogP contribution in [-0.4, -0.2) is 168 Å². The van der Waals surface area contributed by atoms with E-state index in [1.165, 1.54) is 21.1 Å². The van der Waals surface area contributed by atoms with Gasteiger partial charge < -0.3 is 45.0 Å². The van der Waals surface area contributed by atoms with Crippen LogP contribution in [0.5, 0.6) is 0 Å². The summed E-state index contributed by atoms with van der Waals surface area (Å²) in [5.74, 6) is -4.88. The lowest BCUT2D eigenvalue weighted by Crippen LogP contribution is -2.60. The van der Waals surface area contributed by atoms with E-state index < -0.39 is 72.0 Å². The van der Waals surface area contributed by atoms with Crippen LogP contribution in [0.4, 0.5) is 0 Å².